The average Bonchev–Trinajstić information content (AvgIpc) is 2.56. The van der Waals surface area contributed by atoms with Crippen LogP contribution < -0.4 is 0 Å². The van der Waals surface area contributed by atoms with Crippen molar-refractivity contribution in [2.24, 2.45) is 0 Å². The Labute approximate surface area is 75.8 Å². The van der Waals surface area contributed by atoms with Crippen molar-refractivity contribution in [1.29, 1.82) is 0 Å². The van der Waals surface area contributed by atoms with Gasteiger partial charge in [-0.1, -0.05) is 24.3 Å². The molecule has 1 heterocycles. The lowest BCUT2D eigenvalue weighted by molar-refractivity contribution is 0.322. The third-order valence-electron chi connectivity index (χ3n) is 2.34. The van der Waals surface area contributed by atoms with Crippen molar-refractivity contribution in [2.75, 3.05) is 13.1 Å². The number of allylic oxidation sites excluding steroid dienone is 2. The van der Waals surface area contributed by atoms with Crippen molar-refractivity contribution >= 4 is 0 Å². The number of hydrogen-bond acceptors (Lipinski definition) is 1. The first kappa shape index (κ1) is 9.53. The summed E-state index contributed by atoms with van der Waals surface area (Å²) in [6.07, 6.45) is 11.6. The molecule has 0 N–H and O–H groups in total. The second kappa shape index (κ2) is 5.15. The molecule has 1 nitrogen and oxygen atoms in total. The first-order valence-electron chi connectivity index (χ1n) is 4.88. The third kappa shape index (κ3) is 2.49. The van der Waals surface area contributed by atoms with Crippen molar-refractivity contribution < 1.29 is 0 Å². The van der Waals surface area contributed by atoms with Crippen molar-refractivity contribution in [3.8, 4) is 0 Å². The van der Waals surface area contributed by atoms with Gasteiger partial charge in [-0.05, 0) is 39.8 Å². The van der Waals surface area contributed by atoms with E-state index in [0.29, 0.717) is 6.04 Å². The fourth-order valence-corrected chi connectivity index (χ4v) is 1.74. The molecule has 0 aliphatic carbocycles. The minimum absolute atomic E-state index is 0.544. The highest BCUT2D eigenvalue weighted by molar-refractivity contribution is 5.06. The minimum Gasteiger partial charge on any atom is -0.293 e. The fourth-order valence-electron chi connectivity index (χ4n) is 1.74. The van der Waals surface area contributed by atoms with Crippen LogP contribution >= 0.6 is 0 Å². The highest BCUT2D eigenvalue weighted by Gasteiger charge is 2.16. The van der Waals surface area contributed by atoms with Crippen LogP contribution in [-0.4, -0.2) is 24.0 Å². The van der Waals surface area contributed by atoms with E-state index in [-0.39, 0.29) is 0 Å². The molecule has 0 amide bonds. The van der Waals surface area contributed by atoms with E-state index in [4.69, 9.17) is 0 Å². The Balaban J connectivity index is 2.51. The van der Waals surface area contributed by atoms with E-state index < -0.39 is 0 Å². The van der Waals surface area contributed by atoms with Crippen molar-refractivity contribution in [3.05, 3.63) is 24.3 Å². The van der Waals surface area contributed by atoms with E-state index >= 15 is 0 Å². The Morgan fingerprint density at radius 2 is 1.50 bits per heavy atom. The number of nitrogens with zero attached hydrogens (tertiary/aromatic N) is 1. The molecule has 0 radical (unpaired) electrons. The average molecular weight is 165 g/mol. The van der Waals surface area contributed by atoms with E-state index in [1.54, 1.807) is 0 Å². The molecule has 1 fully saturated rings. The molecule has 1 aliphatic rings. The van der Waals surface area contributed by atoms with Crippen LogP contribution in [0, 0.1) is 0 Å². The second-order valence-electron chi connectivity index (χ2n) is 3.29. The van der Waals surface area contributed by atoms with Gasteiger partial charge in [-0.3, -0.25) is 4.90 Å². The van der Waals surface area contributed by atoms with Crippen molar-refractivity contribution in [1.82, 2.24) is 4.90 Å². The molecular weight excluding hydrogens is 146 g/mol. The monoisotopic (exact) mass is 165 g/mol. The summed E-state index contributed by atoms with van der Waals surface area (Å²) >= 11 is 0. The van der Waals surface area contributed by atoms with E-state index in [1.807, 2.05) is 0 Å². The Morgan fingerprint density at radius 1 is 1.00 bits per heavy atom. The lowest BCUT2D eigenvalue weighted by atomic mass is 10.2. The van der Waals surface area contributed by atoms with E-state index in [0.717, 1.165) is 0 Å². The summed E-state index contributed by atoms with van der Waals surface area (Å²) in [6.45, 7) is 6.71. The van der Waals surface area contributed by atoms with Crippen molar-refractivity contribution in [2.45, 2.75) is 32.7 Å². The van der Waals surface area contributed by atoms with Crippen LogP contribution in [0.3, 0.4) is 0 Å². The molecule has 0 spiro atoms. The molecule has 12 heavy (non-hydrogen) atoms. The first-order valence-corrected chi connectivity index (χ1v) is 4.88. The Bertz CT molecular complexity index is 152. The summed E-state index contributed by atoms with van der Waals surface area (Å²) in [7, 11) is 0. The zero-order valence-electron chi connectivity index (χ0n) is 8.16. The Morgan fingerprint density at radius 3 is 1.92 bits per heavy atom. The van der Waals surface area contributed by atoms with Gasteiger partial charge >= 0.3 is 0 Å². The molecule has 1 heteroatoms. The Hall–Kier alpha value is -0.560. The molecular formula is C11H19N. The smallest absolute Gasteiger partial charge is 0.0461 e. The van der Waals surface area contributed by atoms with Gasteiger partial charge in [0.25, 0.3) is 0 Å². The second-order valence-corrected chi connectivity index (χ2v) is 3.29. The molecule has 1 unspecified atom stereocenters. The number of hydrogen-bond donors (Lipinski definition) is 0. The van der Waals surface area contributed by atoms with Crippen molar-refractivity contribution in [3.63, 3.8) is 0 Å². The van der Waals surface area contributed by atoms with Crippen LogP contribution in [0.2, 0.25) is 0 Å². The molecule has 0 aromatic heterocycles. The summed E-state index contributed by atoms with van der Waals surface area (Å²) in [5.41, 5.74) is 0. The van der Waals surface area contributed by atoms with Crippen LogP contribution in [0.25, 0.3) is 0 Å². The van der Waals surface area contributed by atoms with E-state index in [9.17, 15) is 0 Å². The lowest BCUT2D eigenvalue weighted by Crippen LogP contribution is -2.29. The molecule has 1 rings (SSSR count). The van der Waals surface area contributed by atoms with Crippen LogP contribution in [-0.2, 0) is 0 Å². The summed E-state index contributed by atoms with van der Waals surface area (Å²) in [5.74, 6) is 0. The first-order chi connectivity index (χ1) is 5.88. The lowest BCUT2D eigenvalue weighted by Gasteiger charge is -2.21. The SMILES string of the molecule is C/C=C\C(/C=C/C)N1CCCC1. The molecule has 1 aliphatic heterocycles. The van der Waals surface area contributed by atoms with Gasteiger partial charge in [0.15, 0.2) is 0 Å². The molecule has 0 bridgehead atoms. The molecule has 68 valence electrons. The van der Waals surface area contributed by atoms with Gasteiger partial charge < -0.3 is 0 Å². The molecule has 1 saturated heterocycles. The summed E-state index contributed by atoms with van der Waals surface area (Å²) in [5, 5.41) is 0. The van der Waals surface area contributed by atoms with Crippen LogP contribution in [0.5, 0.6) is 0 Å². The molecule has 0 aromatic carbocycles. The predicted octanol–water partition coefficient (Wildman–Crippen LogP) is 2.60. The van der Waals surface area contributed by atoms with Gasteiger partial charge in [-0.2, -0.15) is 0 Å². The van der Waals surface area contributed by atoms with E-state index in [1.165, 1.54) is 25.9 Å². The van der Waals surface area contributed by atoms with Crippen LogP contribution in [0.15, 0.2) is 24.3 Å². The van der Waals surface area contributed by atoms with Gasteiger partial charge in [0.1, 0.15) is 0 Å². The topological polar surface area (TPSA) is 3.24 Å². The van der Waals surface area contributed by atoms with Gasteiger partial charge in [-0.25, -0.2) is 0 Å². The summed E-state index contributed by atoms with van der Waals surface area (Å²) < 4.78 is 0. The Kier molecular flexibility index (Phi) is 4.09. The maximum atomic E-state index is 2.53. The number of likely N-dealkylation sites (tertiary alicyclic amines) is 1. The molecule has 0 saturated carbocycles. The normalized spacial score (nSPS) is 22.8. The van der Waals surface area contributed by atoms with Gasteiger partial charge in [0, 0.05) is 6.04 Å². The maximum absolute atomic E-state index is 2.53. The molecule has 0 aromatic rings. The molecule has 1 atom stereocenters. The van der Waals surface area contributed by atoms with E-state index in [2.05, 4.69) is 43.1 Å². The summed E-state index contributed by atoms with van der Waals surface area (Å²) in [4.78, 5) is 2.53. The quantitative estimate of drug-likeness (QED) is 0.581. The largest absolute Gasteiger partial charge is 0.293 e. The predicted molar refractivity (Wildman–Crippen MR) is 54.2 cm³/mol. The zero-order chi connectivity index (χ0) is 8.81. The van der Waals surface area contributed by atoms with Gasteiger partial charge in [0.05, 0.1) is 0 Å². The van der Waals surface area contributed by atoms with Gasteiger partial charge in [-0.15, -0.1) is 0 Å². The highest BCUT2D eigenvalue weighted by Crippen LogP contribution is 2.13. The van der Waals surface area contributed by atoms with Gasteiger partial charge in [0.2, 0.25) is 0 Å². The fraction of sp³-hybridized carbons (Fsp3) is 0.636. The number of rotatable bonds is 3. The standard InChI is InChI=1S/C11H19N/c1-3-7-11(8-4-2)12-9-5-6-10-12/h3-4,7-8,11H,5-6,9-10H2,1-2H3/b7-3-,8-4+. The third-order valence-corrected chi connectivity index (χ3v) is 2.34. The maximum Gasteiger partial charge on any atom is 0.0461 e. The minimum atomic E-state index is 0.544. The summed E-state index contributed by atoms with van der Waals surface area (Å²) in [6, 6.07) is 0.544. The van der Waals surface area contributed by atoms with Crippen LogP contribution in [0.1, 0.15) is 26.7 Å². The zero-order valence-corrected chi connectivity index (χ0v) is 8.16. The highest BCUT2D eigenvalue weighted by atomic mass is 15.2. The van der Waals surface area contributed by atoms with Crippen LogP contribution in [0.4, 0.5) is 0 Å².